The molecule has 0 saturated heterocycles. The van der Waals surface area contributed by atoms with Crippen LogP contribution in [0.25, 0.3) is 11.0 Å². The third-order valence-electron chi connectivity index (χ3n) is 5.62. The van der Waals surface area contributed by atoms with Crippen LogP contribution in [0.15, 0.2) is 66.7 Å². The quantitative estimate of drug-likeness (QED) is 0.383. The number of benzene rings is 3. The summed E-state index contributed by atoms with van der Waals surface area (Å²) in [5.41, 5.74) is 3.03. The molecule has 0 radical (unpaired) electrons. The summed E-state index contributed by atoms with van der Waals surface area (Å²) in [4.78, 5) is 29.7. The van der Waals surface area contributed by atoms with Gasteiger partial charge in [-0.25, -0.2) is 4.98 Å². The fourth-order valence-electron chi connectivity index (χ4n) is 3.95. The Bertz CT molecular complexity index is 1400. The van der Waals surface area contributed by atoms with Crippen molar-refractivity contribution in [2.24, 2.45) is 0 Å². The second-order valence-corrected chi connectivity index (χ2v) is 8.49. The van der Waals surface area contributed by atoms with E-state index in [1.54, 1.807) is 37.3 Å². The Morgan fingerprint density at radius 2 is 1.89 bits per heavy atom. The number of imidazole rings is 1. The van der Waals surface area contributed by atoms with Gasteiger partial charge in [-0.2, -0.15) is 0 Å². The summed E-state index contributed by atoms with van der Waals surface area (Å²) < 4.78 is 18.2. The van der Waals surface area contributed by atoms with E-state index in [4.69, 9.17) is 25.8 Å². The number of hydrogen-bond donors (Lipinski definition) is 1. The fourth-order valence-corrected chi connectivity index (χ4v) is 4.11. The molecular weight excluding hydrogens is 470 g/mol. The minimum atomic E-state index is -0.653. The molecule has 0 saturated carbocycles. The van der Waals surface area contributed by atoms with Crippen LogP contribution in [0.3, 0.4) is 0 Å². The Morgan fingerprint density at radius 1 is 1.09 bits per heavy atom. The number of rotatable bonds is 7. The molecule has 0 fully saturated rings. The number of fused-ring (bicyclic) bond motifs is 2. The molecule has 0 bridgehead atoms. The number of nitrogens with one attached hydrogen (secondary N) is 1. The fraction of sp³-hybridized carbons (Fsp3) is 0.192. The number of halogens is 1. The smallest absolute Gasteiger partial charge is 0.326 e. The number of hydrogen-bond acceptors (Lipinski definition) is 6. The van der Waals surface area contributed by atoms with Gasteiger partial charge in [-0.3, -0.25) is 9.59 Å². The van der Waals surface area contributed by atoms with Crippen molar-refractivity contribution in [3.8, 4) is 11.5 Å². The molecule has 1 amide bonds. The lowest BCUT2D eigenvalue weighted by Gasteiger charge is -2.16. The van der Waals surface area contributed by atoms with Crippen LogP contribution in [0, 0.1) is 0 Å². The molecule has 1 aliphatic rings. The normalized spacial score (nSPS) is 13.0. The van der Waals surface area contributed by atoms with Crippen LogP contribution in [-0.4, -0.2) is 34.8 Å². The maximum atomic E-state index is 12.5. The lowest BCUT2D eigenvalue weighted by Crippen LogP contribution is -2.31. The van der Waals surface area contributed by atoms with Gasteiger partial charge in [-0.15, -0.1) is 0 Å². The molecule has 4 aromatic rings. The Hall–Kier alpha value is -4.04. The van der Waals surface area contributed by atoms with Gasteiger partial charge in [0, 0.05) is 17.1 Å². The van der Waals surface area contributed by atoms with E-state index in [-0.39, 0.29) is 13.3 Å². The number of carbonyl (C=O) groups is 2. The van der Waals surface area contributed by atoms with E-state index >= 15 is 0 Å². The Morgan fingerprint density at radius 3 is 2.71 bits per heavy atom. The van der Waals surface area contributed by atoms with Crippen LogP contribution in [0.1, 0.15) is 34.8 Å². The zero-order valence-corrected chi connectivity index (χ0v) is 19.6. The molecule has 3 aromatic carbocycles. The van der Waals surface area contributed by atoms with Crippen LogP contribution < -0.4 is 14.8 Å². The van der Waals surface area contributed by atoms with Gasteiger partial charge in [0.05, 0.1) is 11.0 Å². The molecule has 5 rings (SSSR count). The first-order valence-corrected chi connectivity index (χ1v) is 11.4. The topological polar surface area (TPSA) is 91.7 Å². The number of esters is 1. The van der Waals surface area contributed by atoms with Gasteiger partial charge >= 0.3 is 5.97 Å². The van der Waals surface area contributed by atoms with Gasteiger partial charge < -0.3 is 24.1 Å². The maximum absolute atomic E-state index is 12.5. The molecule has 8 nitrogen and oxygen atoms in total. The summed E-state index contributed by atoms with van der Waals surface area (Å²) in [5, 5.41) is 3.15. The van der Waals surface area contributed by atoms with E-state index in [9.17, 15) is 9.59 Å². The van der Waals surface area contributed by atoms with Gasteiger partial charge in [-0.1, -0.05) is 41.9 Å². The first kappa shape index (κ1) is 22.7. The molecule has 1 N–H and O–H groups in total. The molecular formula is C26H22ClN3O5. The first-order chi connectivity index (χ1) is 17.0. The van der Waals surface area contributed by atoms with Crippen molar-refractivity contribution in [1.29, 1.82) is 0 Å². The number of amides is 1. The zero-order valence-electron chi connectivity index (χ0n) is 18.9. The van der Waals surface area contributed by atoms with E-state index < -0.39 is 18.0 Å². The highest BCUT2D eigenvalue weighted by molar-refractivity contribution is 6.31. The highest BCUT2D eigenvalue weighted by Gasteiger charge is 2.22. The van der Waals surface area contributed by atoms with Crippen molar-refractivity contribution in [2.75, 3.05) is 13.3 Å². The molecule has 0 aliphatic carbocycles. The first-order valence-electron chi connectivity index (χ1n) is 11.0. The summed E-state index contributed by atoms with van der Waals surface area (Å²) in [6.07, 6.45) is -0.653. The molecule has 9 heteroatoms. The SMILES string of the molecule is CC(OC(=O)CNC(=O)c1ccc2c(c1)OCO2)c1nc2cc(Cl)ccc2n1Cc1ccccc1. The van der Waals surface area contributed by atoms with E-state index in [2.05, 4.69) is 10.3 Å². The predicted molar refractivity (Wildman–Crippen MR) is 130 cm³/mol. The molecule has 178 valence electrons. The number of aromatic nitrogens is 2. The van der Waals surface area contributed by atoms with Crippen molar-refractivity contribution < 1.29 is 23.8 Å². The molecule has 1 aromatic heterocycles. The van der Waals surface area contributed by atoms with Crippen molar-refractivity contribution in [2.45, 2.75) is 19.6 Å². The van der Waals surface area contributed by atoms with Crippen LogP contribution in [0.5, 0.6) is 11.5 Å². The molecule has 1 atom stereocenters. The van der Waals surface area contributed by atoms with Crippen molar-refractivity contribution in [3.05, 3.63) is 88.7 Å². The van der Waals surface area contributed by atoms with Gasteiger partial charge in [0.1, 0.15) is 6.54 Å². The highest BCUT2D eigenvalue weighted by Crippen LogP contribution is 2.32. The molecule has 0 spiro atoms. The van der Waals surface area contributed by atoms with E-state index in [0.717, 1.165) is 11.1 Å². The number of nitrogens with zero attached hydrogens (tertiary/aromatic N) is 2. The summed E-state index contributed by atoms with van der Waals surface area (Å²) in [6.45, 7) is 2.13. The summed E-state index contributed by atoms with van der Waals surface area (Å²) in [6, 6.07) is 20.3. The minimum Gasteiger partial charge on any atom is -0.454 e. The number of ether oxygens (including phenoxy) is 3. The van der Waals surface area contributed by atoms with E-state index in [1.165, 1.54) is 0 Å². The molecule has 1 unspecified atom stereocenters. The Labute approximate surface area is 206 Å². The standard InChI is InChI=1S/C26H22ClN3O5/c1-16(35-24(31)13-28-26(32)18-7-10-22-23(11-18)34-15-33-22)25-29-20-12-19(27)8-9-21(20)30(25)14-17-5-3-2-4-6-17/h2-12,16H,13-15H2,1H3,(H,28,32). The number of carbonyl (C=O) groups excluding carboxylic acids is 2. The Balaban J connectivity index is 1.29. The van der Waals surface area contributed by atoms with Crippen molar-refractivity contribution in [3.63, 3.8) is 0 Å². The summed E-state index contributed by atoms with van der Waals surface area (Å²) in [7, 11) is 0. The van der Waals surface area contributed by atoms with Gasteiger partial charge in [0.15, 0.2) is 23.4 Å². The summed E-state index contributed by atoms with van der Waals surface area (Å²) in [5.74, 6) is 0.657. The van der Waals surface area contributed by atoms with Gasteiger partial charge in [0.2, 0.25) is 6.79 Å². The molecule has 2 heterocycles. The van der Waals surface area contributed by atoms with Crippen molar-refractivity contribution in [1.82, 2.24) is 14.9 Å². The third-order valence-corrected chi connectivity index (χ3v) is 5.86. The molecule has 35 heavy (non-hydrogen) atoms. The van der Waals surface area contributed by atoms with E-state index in [1.807, 2.05) is 41.0 Å². The Kier molecular flexibility index (Phi) is 6.29. The van der Waals surface area contributed by atoms with Gasteiger partial charge in [-0.05, 0) is 48.9 Å². The van der Waals surface area contributed by atoms with Crippen molar-refractivity contribution >= 4 is 34.5 Å². The summed E-state index contributed by atoms with van der Waals surface area (Å²) >= 11 is 6.17. The second-order valence-electron chi connectivity index (χ2n) is 8.06. The lowest BCUT2D eigenvalue weighted by atomic mass is 10.2. The molecule has 1 aliphatic heterocycles. The van der Waals surface area contributed by atoms with Crippen LogP contribution in [-0.2, 0) is 16.1 Å². The van der Waals surface area contributed by atoms with Gasteiger partial charge in [0.25, 0.3) is 5.91 Å². The average Bonchev–Trinajstić information content (AvgIpc) is 3.47. The lowest BCUT2D eigenvalue weighted by molar-refractivity contribution is -0.147. The van der Waals surface area contributed by atoms with E-state index in [0.29, 0.717) is 40.0 Å². The zero-order chi connectivity index (χ0) is 24.4. The second kappa shape index (κ2) is 9.68. The largest absolute Gasteiger partial charge is 0.454 e. The maximum Gasteiger partial charge on any atom is 0.326 e. The highest BCUT2D eigenvalue weighted by atomic mass is 35.5. The van der Waals surface area contributed by atoms with Crippen LogP contribution >= 0.6 is 11.6 Å². The van der Waals surface area contributed by atoms with Crippen LogP contribution in [0.2, 0.25) is 5.02 Å². The van der Waals surface area contributed by atoms with Crippen LogP contribution in [0.4, 0.5) is 0 Å². The minimum absolute atomic E-state index is 0.117. The average molecular weight is 492 g/mol. The predicted octanol–water partition coefficient (Wildman–Crippen LogP) is 4.50. The third kappa shape index (κ3) is 4.93. The monoisotopic (exact) mass is 491 g/mol.